The maximum absolute atomic E-state index is 13.1. The zero-order valence-corrected chi connectivity index (χ0v) is 22.0. The molecule has 1 saturated heterocycles. The quantitative estimate of drug-likeness (QED) is 0.358. The van der Waals surface area contributed by atoms with Gasteiger partial charge in [-0.2, -0.15) is 0 Å². The van der Waals surface area contributed by atoms with E-state index in [1.54, 1.807) is 31.0 Å². The van der Waals surface area contributed by atoms with Crippen LogP contribution in [0.15, 0.2) is 58.7 Å². The Labute approximate surface area is 220 Å². The third kappa shape index (κ3) is 6.03. The molecule has 0 saturated carbocycles. The fourth-order valence-corrected chi connectivity index (χ4v) is 5.29. The van der Waals surface area contributed by atoms with Crippen LogP contribution in [0.3, 0.4) is 0 Å². The van der Waals surface area contributed by atoms with Crippen LogP contribution in [0.4, 0.5) is 16.2 Å². The van der Waals surface area contributed by atoms with Gasteiger partial charge in [-0.1, -0.05) is 41.6 Å². The molecule has 2 aliphatic heterocycles. The zero-order valence-electron chi connectivity index (χ0n) is 20.5. The van der Waals surface area contributed by atoms with Gasteiger partial charge >= 0.3 is 12.0 Å². The highest BCUT2D eigenvalue weighted by molar-refractivity contribution is 8.13. The normalized spacial score (nSPS) is 17.3. The van der Waals surface area contributed by atoms with Crippen molar-refractivity contribution < 1.29 is 19.1 Å². The molecule has 0 aliphatic carbocycles. The molecular formula is C26H29ClN4O4S. The molecule has 1 fully saturated rings. The van der Waals surface area contributed by atoms with Crippen molar-refractivity contribution in [1.82, 2.24) is 4.90 Å². The van der Waals surface area contributed by atoms with Gasteiger partial charge in [0.1, 0.15) is 6.61 Å². The molecule has 2 aliphatic rings. The number of fused-ring (bicyclic) bond motifs is 1. The molecule has 0 unspecified atom stereocenters. The summed E-state index contributed by atoms with van der Waals surface area (Å²) in [5, 5.41) is 7.12. The van der Waals surface area contributed by atoms with E-state index in [1.165, 1.54) is 0 Å². The Balaban J connectivity index is 1.52. The summed E-state index contributed by atoms with van der Waals surface area (Å²) in [6.07, 6.45) is 0.994. The first-order valence-corrected chi connectivity index (χ1v) is 13.0. The fourth-order valence-electron chi connectivity index (χ4n) is 4.08. The first-order valence-electron chi connectivity index (χ1n) is 11.7. The van der Waals surface area contributed by atoms with E-state index >= 15 is 0 Å². The summed E-state index contributed by atoms with van der Waals surface area (Å²) >= 11 is 7.84. The van der Waals surface area contributed by atoms with Crippen molar-refractivity contribution in [1.29, 1.82) is 0 Å². The number of nitrogens with one attached hydrogen (secondary N) is 2. The zero-order chi connectivity index (χ0) is 25.7. The number of thioether (sulfide) groups is 1. The molecular weight excluding hydrogens is 500 g/mol. The first kappa shape index (κ1) is 26.1. The number of aryl methyl sites for hydroxylation is 1. The van der Waals surface area contributed by atoms with Crippen LogP contribution < -0.4 is 10.6 Å². The van der Waals surface area contributed by atoms with E-state index in [0.29, 0.717) is 34.3 Å². The number of aliphatic imine (C=N–C) groups is 1. The van der Waals surface area contributed by atoms with Crippen molar-refractivity contribution in [2.24, 2.45) is 4.99 Å². The minimum absolute atomic E-state index is 0.175. The Hall–Kier alpha value is -3.01. The Morgan fingerprint density at radius 3 is 2.56 bits per heavy atom. The Kier molecular flexibility index (Phi) is 8.56. The molecule has 0 aromatic heterocycles. The number of methoxy groups -OCH3 is 1. The van der Waals surface area contributed by atoms with Crippen molar-refractivity contribution in [3.05, 3.63) is 69.9 Å². The van der Waals surface area contributed by atoms with Gasteiger partial charge in [0.05, 0.1) is 23.9 Å². The Morgan fingerprint density at radius 2 is 1.83 bits per heavy atom. The number of anilines is 2. The largest absolute Gasteiger partial charge is 0.460 e. The fraction of sp³-hybridized carbons (Fsp3) is 0.346. The summed E-state index contributed by atoms with van der Waals surface area (Å²) in [6, 6.07) is 12.1. The summed E-state index contributed by atoms with van der Waals surface area (Å²) in [5.74, 6) is 0.596. The molecule has 2 aromatic carbocycles. The number of urea groups is 1. The summed E-state index contributed by atoms with van der Waals surface area (Å²) in [4.78, 5) is 32.4. The summed E-state index contributed by atoms with van der Waals surface area (Å²) < 4.78 is 10.5. The second-order valence-corrected chi connectivity index (χ2v) is 9.95. The lowest BCUT2D eigenvalue weighted by atomic mass is 9.94. The van der Waals surface area contributed by atoms with Crippen molar-refractivity contribution in [3.8, 4) is 0 Å². The van der Waals surface area contributed by atoms with E-state index in [9.17, 15) is 9.59 Å². The van der Waals surface area contributed by atoms with Crippen molar-refractivity contribution in [2.45, 2.75) is 26.3 Å². The number of amides is 2. The number of ether oxygens (including phenoxy) is 2. The van der Waals surface area contributed by atoms with Crippen LogP contribution in [-0.2, 0) is 14.3 Å². The third-order valence-corrected chi connectivity index (χ3v) is 7.40. The summed E-state index contributed by atoms with van der Waals surface area (Å²) in [5.41, 5.74) is 4.26. The SMILES string of the molecule is COCCOC(=O)C1=C(C)N=C2SCCCN2[C@H]1c1ccc(NC(=O)Nc2ccc(C)c(Cl)c2)cc1. The van der Waals surface area contributed by atoms with Gasteiger partial charge in [0.15, 0.2) is 5.17 Å². The second kappa shape index (κ2) is 11.8. The minimum Gasteiger partial charge on any atom is -0.460 e. The summed E-state index contributed by atoms with van der Waals surface area (Å²) in [6.45, 7) is 5.04. The summed E-state index contributed by atoms with van der Waals surface area (Å²) in [7, 11) is 1.56. The van der Waals surface area contributed by atoms with Crippen LogP contribution >= 0.6 is 23.4 Å². The second-order valence-electron chi connectivity index (χ2n) is 8.49. The van der Waals surface area contributed by atoms with Crippen LogP contribution in [0.5, 0.6) is 0 Å². The van der Waals surface area contributed by atoms with Crippen LogP contribution in [0.25, 0.3) is 0 Å². The molecule has 8 nitrogen and oxygen atoms in total. The van der Waals surface area contributed by atoms with Gasteiger partial charge in [-0.25, -0.2) is 14.6 Å². The molecule has 2 N–H and O–H groups in total. The number of halogens is 1. The molecule has 2 aromatic rings. The molecule has 190 valence electrons. The van der Waals surface area contributed by atoms with Crippen molar-refractivity contribution >= 4 is 51.9 Å². The minimum atomic E-state index is -0.397. The average molecular weight is 529 g/mol. The van der Waals surface area contributed by atoms with Gasteiger partial charge in [0, 0.05) is 35.8 Å². The van der Waals surface area contributed by atoms with Crippen LogP contribution in [0.1, 0.15) is 30.5 Å². The highest BCUT2D eigenvalue weighted by atomic mass is 35.5. The molecule has 2 amide bonds. The Morgan fingerprint density at radius 1 is 1.11 bits per heavy atom. The van der Waals surface area contributed by atoms with Gasteiger partial charge in [-0.15, -0.1) is 0 Å². The molecule has 1 atom stereocenters. The van der Waals surface area contributed by atoms with Crippen LogP contribution in [0, 0.1) is 6.92 Å². The monoisotopic (exact) mass is 528 g/mol. The molecule has 36 heavy (non-hydrogen) atoms. The standard InChI is InChI=1S/C26H29ClN4O4S/c1-16-5-8-20(15-21(16)27)30-25(33)29-19-9-6-18(7-10-19)23-22(24(32)35-13-12-34-3)17(2)28-26-31(23)11-4-14-36-26/h5-10,15,23H,4,11-14H2,1-3H3,(H2,29,30,33)/t23-/m0/s1. The smallest absolute Gasteiger partial charge is 0.338 e. The Bertz CT molecular complexity index is 1200. The predicted molar refractivity (Wildman–Crippen MR) is 145 cm³/mol. The van der Waals surface area contributed by atoms with E-state index in [2.05, 4.69) is 15.5 Å². The van der Waals surface area contributed by atoms with E-state index in [0.717, 1.165) is 35.0 Å². The van der Waals surface area contributed by atoms with Gasteiger partial charge in [0.25, 0.3) is 0 Å². The highest BCUT2D eigenvalue weighted by Gasteiger charge is 2.37. The number of esters is 1. The van der Waals surface area contributed by atoms with Crippen molar-refractivity contribution in [2.75, 3.05) is 43.3 Å². The van der Waals surface area contributed by atoms with E-state index < -0.39 is 5.97 Å². The number of allylic oxidation sites excluding steroid dienone is 1. The number of nitrogens with zero attached hydrogens (tertiary/aromatic N) is 2. The van der Waals surface area contributed by atoms with E-state index in [-0.39, 0.29) is 18.7 Å². The van der Waals surface area contributed by atoms with Gasteiger partial charge in [-0.3, -0.25) is 0 Å². The lowest BCUT2D eigenvalue weighted by Gasteiger charge is -2.40. The lowest BCUT2D eigenvalue weighted by molar-refractivity contribution is -0.141. The van der Waals surface area contributed by atoms with Crippen LogP contribution in [0.2, 0.25) is 5.02 Å². The number of benzene rings is 2. The lowest BCUT2D eigenvalue weighted by Crippen LogP contribution is -2.42. The van der Waals surface area contributed by atoms with E-state index in [1.807, 2.05) is 44.2 Å². The number of hydrogen-bond acceptors (Lipinski definition) is 7. The van der Waals surface area contributed by atoms with Gasteiger partial charge in [-0.05, 0) is 55.7 Å². The molecule has 0 spiro atoms. The topological polar surface area (TPSA) is 92.3 Å². The number of carbonyl (C=O) groups excluding carboxylic acids is 2. The van der Waals surface area contributed by atoms with Crippen molar-refractivity contribution in [3.63, 3.8) is 0 Å². The van der Waals surface area contributed by atoms with Crippen LogP contribution in [-0.4, -0.2) is 54.7 Å². The molecule has 10 heteroatoms. The predicted octanol–water partition coefficient (Wildman–Crippen LogP) is 5.61. The molecule has 0 radical (unpaired) electrons. The number of carbonyl (C=O) groups is 2. The molecule has 2 heterocycles. The maximum atomic E-state index is 13.1. The maximum Gasteiger partial charge on any atom is 0.338 e. The highest BCUT2D eigenvalue weighted by Crippen LogP contribution is 2.40. The average Bonchev–Trinajstić information content (AvgIpc) is 2.86. The first-order chi connectivity index (χ1) is 17.4. The van der Waals surface area contributed by atoms with Gasteiger partial charge in [0.2, 0.25) is 0 Å². The van der Waals surface area contributed by atoms with Gasteiger partial charge < -0.3 is 25.0 Å². The number of amidine groups is 1. The third-order valence-electron chi connectivity index (χ3n) is 5.91. The number of rotatable bonds is 7. The molecule has 0 bridgehead atoms. The molecule has 4 rings (SSSR count). The van der Waals surface area contributed by atoms with E-state index in [4.69, 9.17) is 26.1 Å². The number of hydrogen-bond donors (Lipinski definition) is 2.